The van der Waals surface area contributed by atoms with Crippen molar-refractivity contribution in [2.24, 2.45) is 0 Å². The Hall–Kier alpha value is -2.75. The molecule has 0 aliphatic carbocycles. The maximum atomic E-state index is 12.6. The Bertz CT molecular complexity index is 863. The molecule has 0 bridgehead atoms. The molecule has 0 aliphatic rings. The van der Waals surface area contributed by atoms with Crippen molar-refractivity contribution >= 4 is 11.0 Å². The van der Waals surface area contributed by atoms with Crippen LogP contribution in [0.5, 0.6) is 11.5 Å². The van der Waals surface area contributed by atoms with Gasteiger partial charge in [-0.2, -0.15) is 0 Å². The minimum atomic E-state index is -0.270. The topological polar surface area (TPSA) is 70.7 Å². The molecule has 4 nitrogen and oxygen atoms in total. The van der Waals surface area contributed by atoms with Gasteiger partial charge in [0.25, 0.3) is 0 Å². The molecule has 0 unspecified atom stereocenters. The summed E-state index contributed by atoms with van der Waals surface area (Å²) >= 11 is 0. The summed E-state index contributed by atoms with van der Waals surface area (Å²) in [5.74, 6) is 0.0556. The van der Waals surface area contributed by atoms with Crippen LogP contribution in [-0.2, 0) is 6.42 Å². The molecule has 1 aromatic heterocycles. The Morgan fingerprint density at radius 3 is 2.48 bits per heavy atom. The highest BCUT2D eigenvalue weighted by Gasteiger charge is 2.17. The first-order chi connectivity index (χ1) is 10.1. The van der Waals surface area contributed by atoms with E-state index in [1.165, 1.54) is 6.07 Å². The summed E-state index contributed by atoms with van der Waals surface area (Å²) in [5.41, 5.74) is 1.20. The lowest BCUT2D eigenvalue weighted by Gasteiger charge is -2.10. The minimum Gasteiger partial charge on any atom is -0.508 e. The number of benzene rings is 2. The van der Waals surface area contributed by atoms with Gasteiger partial charge in [-0.05, 0) is 6.42 Å². The van der Waals surface area contributed by atoms with Gasteiger partial charge in [-0.3, -0.25) is 4.79 Å². The minimum absolute atomic E-state index is 0.101. The van der Waals surface area contributed by atoms with E-state index in [2.05, 4.69) is 0 Å². The van der Waals surface area contributed by atoms with Gasteiger partial charge in [0, 0.05) is 23.3 Å². The fourth-order valence-corrected chi connectivity index (χ4v) is 2.46. The van der Waals surface area contributed by atoms with E-state index in [-0.39, 0.29) is 27.9 Å². The van der Waals surface area contributed by atoms with E-state index < -0.39 is 0 Å². The maximum absolute atomic E-state index is 12.6. The van der Waals surface area contributed by atoms with Gasteiger partial charge in [-0.25, -0.2) is 0 Å². The monoisotopic (exact) mass is 282 g/mol. The van der Waals surface area contributed by atoms with Crippen LogP contribution < -0.4 is 5.43 Å². The summed E-state index contributed by atoms with van der Waals surface area (Å²) in [7, 11) is 0. The zero-order valence-corrected chi connectivity index (χ0v) is 11.5. The summed E-state index contributed by atoms with van der Waals surface area (Å²) in [6.45, 7) is 1.86. The van der Waals surface area contributed by atoms with Crippen LogP contribution >= 0.6 is 0 Å². The summed E-state index contributed by atoms with van der Waals surface area (Å²) < 4.78 is 5.79. The van der Waals surface area contributed by atoms with E-state index in [4.69, 9.17) is 4.42 Å². The van der Waals surface area contributed by atoms with Crippen LogP contribution in [-0.4, -0.2) is 10.2 Å². The normalized spacial score (nSPS) is 10.9. The summed E-state index contributed by atoms with van der Waals surface area (Å²) in [4.78, 5) is 12.6. The molecule has 0 fully saturated rings. The Balaban J connectivity index is 2.44. The molecule has 0 aliphatic heterocycles. The zero-order chi connectivity index (χ0) is 15.0. The van der Waals surface area contributed by atoms with E-state index in [0.29, 0.717) is 17.7 Å². The maximum Gasteiger partial charge on any atom is 0.200 e. The third-order valence-corrected chi connectivity index (χ3v) is 3.44. The second kappa shape index (κ2) is 4.98. The van der Waals surface area contributed by atoms with Gasteiger partial charge < -0.3 is 14.6 Å². The highest BCUT2D eigenvalue weighted by Crippen LogP contribution is 2.32. The van der Waals surface area contributed by atoms with Crippen molar-refractivity contribution in [3.8, 4) is 22.8 Å². The van der Waals surface area contributed by atoms with E-state index in [0.717, 1.165) is 11.6 Å². The Morgan fingerprint density at radius 1 is 1.10 bits per heavy atom. The number of fused-ring (bicyclic) bond motifs is 1. The first-order valence-corrected chi connectivity index (χ1v) is 6.69. The van der Waals surface area contributed by atoms with Crippen LogP contribution in [0.15, 0.2) is 51.7 Å². The Morgan fingerprint density at radius 2 is 1.81 bits per heavy atom. The number of hydrogen-bond acceptors (Lipinski definition) is 4. The first kappa shape index (κ1) is 13.2. The Kier molecular flexibility index (Phi) is 3.14. The van der Waals surface area contributed by atoms with Crippen molar-refractivity contribution in [1.29, 1.82) is 0 Å². The number of aromatic hydroxyl groups is 2. The molecule has 0 amide bonds. The van der Waals surface area contributed by atoms with Gasteiger partial charge in [-0.15, -0.1) is 0 Å². The van der Waals surface area contributed by atoms with Gasteiger partial charge in [-0.1, -0.05) is 37.3 Å². The molecule has 3 aromatic rings. The van der Waals surface area contributed by atoms with Gasteiger partial charge in [0.05, 0.1) is 0 Å². The van der Waals surface area contributed by atoms with Crippen molar-refractivity contribution in [3.05, 3.63) is 58.3 Å². The average molecular weight is 282 g/mol. The van der Waals surface area contributed by atoms with Crippen molar-refractivity contribution in [2.75, 3.05) is 0 Å². The standard InChI is InChI=1S/C17H14O4/c1-2-12-16(20)15-13(19)8-11(18)9-14(15)21-17(12)10-6-4-3-5-7-10/h3-9,18-19H,2H2,1H3. The highest BCUT2D eigenvalue weighted by atomic mass is 16.3. The van der Waals surface area contributed by atoms with E-state index >= 15 is 0 Å². The van der Waals surface area contributed by atoms with Crippen LogP contribution in [0.1, 0.15) is 12.5 Å². The average Bonchev–Trinajstić information content (AvgIpc) is 2.47. The molecule has 2 aromatic carbocycles. The molecule has 4 heteroatoms. The number of hydrogen-bond donors (Lipinski definition) is 2. The van der Waals surface area contributed by atoms with Crippen LogP contribution in [0.3, 0.4) is 0 Å². The van der Waals surface area contributed by atoms with E-state index in [1.807, 2.05) is 37.3 Å². The predicted molar refractivity (Wildman–Crippen MR) is 80.6 cm³/mol. The lowest BCUT2D eigenvalue weighted by atomic mass is 10.0. The van der Waals surface area contributed by atoms with Gasteiger partial charge >= 0.3 is 0 Å². The molecule has 1 heterocycles. The van der Waals surface area contributed by atoms with Gasteiger partial charge in [0.15, 0.2) is 5.43 Å². The number of phenolic OH excluding ortho intramolecular Hbond substituents is 2. The second-order valence-electron chi connectivity index (χ2n) is 4.80. The summed E-state index contributed by atoms with van der Waals surface area (Å²) in [6, 6.07) is 11.8. The highest BCUT2D eigenvalue weighted by molar-refractivity contribution is 5.87. The summed E-state index contributed by atoms with van der Waals surface area (Å²) in [6.07, 6.45) is 0.489. The zero-order valence-electron chi connectivity index (χ0n) is 11.5. The van der Waals surface area contributed by atoms with Crippen LogP contribution in [0.25, 0.3) is 22.3 Å². The number of rotatable bonds is 2. The van der Waals surface area contributed by atoms with Crippen molar-refractivity contribution in [1.82, 2.24) is 0 Å². The Labute approximate surface area is 120 Å². The fraction of sp³-hybridized carbons (Fsp3) is 0.118. The molecule has 21 heavy (non-hydrogen) atoms. The molecular formula is C17H14O4. The van der Waals surface area contributed by atoms with Crippen LogP contribution in [0.4, 0.5) is 0 Å². The van der Waals surface area contributed by atoms with Crippen LogP contribution in [0, 0.1) is 0 Å². The quantitative estimate of drug-likeness (QED) is 0.755. The van der Waals surface area contributed by atoms with Crippen molar-refractivity contribution < 1.29 is 14.6 Å². The van der Waals surface area contributed by atoms with Gasteiger partial charge in [0.2, 0.25) is 0 Å². The van der Waals surface area contributed by atoms with Crippen molar-refractivity contribution in [3.63, 3.8) is 0 Å². The lowest BCUT2D eigenvalue weighted by Crippen LogP contribution is -2.10. The third-order valence-electron chi connectivity index (χ3n) is 3.44. The SMILES string of the molecule is CCc1c(-c2ccccc2)oc2cc(O)cc(O)c2c1=O. The molecule has 0 saturated heterocycles. The molecule has 0 radical (unpaired) electrons. The molecule has 3 rings (SSSR count). The summed E-state index contributed by atoms with van der Waals surface area (Å²) in [5, 5.41) is 19.6. The largest absolute Gasteiger partial charge is 0.508 e. The molecule has 106 valence electrons. The number of phenols is 2. The van der Waals surface area contributed by atoms with E-state index in [9.17, 15) is 15.0 Å². The first-order valence-electron chi connectivity index (χ1n) is 6.69. The fourth-order valence-electron chi connectivity index (χ4n) is 2.46. The second-order valence-corrected chi connectivity index (χ2v) is 4.80. The molecule has 2 N–H and O–H groups in total. The lowest BCUT2D eigenvalue weighted by molar-refractivity contribution is 0.452. The van der Waals surface area contributed by atoms with Crippen molar-refractivity contribution in [2.45, 2.75) is 13.3 Å². The third kappa shape index (κ3) is 2.14. The predicted octanol–water partition coefficient (Wildman–Crippen LogP) is 3.43. The molecule has 0 atom stereocenters. The molecule has 0 saturated carbocycles. The molecular weight excluding hydrogens is 268 g/mol. The van der Waals surface area contributed by atoms with Crippen LogP contribution in [0.2, 0.25) is 0 Å². The smallest absolute Gasteiger partial charge is 0.200 e. The van der Waals surface area contributed by atoms with E-state index in [1.54, 1.807) is 0 Å². The van der Waals surface area contributed by atoms with Gasteiger partial charge in [0.1, 0.15) is 28.2 Å². The molecule has 0 spiro atoms.